The van der Waals surface area contributed by atoms with Crippen molar-refractivity contribution in [3.63, 3.8) is 0 Å². The van der Waals surface area contributed by atoms with Gasteiger partial charge in [0.2, 0.25) is 5.91 Å². The van der Waals surface area contributed by atoms with E-state index in [1.807, 2.05) is 44.2 Å². The Hall–Kier alpha value is -2.13. The van der Waals surface area contributed by atoms with Crippen LogP contribution in [0.15, 0.2) is 42.5 Å². The van der Waals surface area contributed by atoms with Crippen LogP contribution in [-0.4, -0.2) is 5.91 Å². The molecular weight excluding hydrogens is 260 g/mol. The van der Waals surface area contributed by atoms with Gasteiger partial charge < -0.3 is 5.73 Å². The molecule has 21 heavy (non-hydrogen) atoms. The molecule has 0 aliphatic carbocycles. The third-order valence-electron chi connectivity index (χ3n) is 3.83. The molecule has 1 atom stereocenters. The molecule has 1 amide bonds. The summed E-state index contributed by atoms with van der Waals surface area (Å²) in [5.41, 5.74) is 11.2. The topological polar surface area (TPSA) is 55.1 Å². The minimum atomic E-state index is -0.468. The predicted molar refractivity (Wildman–Crippen MR) is 85.9 cm³/mol. The van der Waals surface area contributed by atoms with E-state index < -0.39 is 6.04 Å². The highest BCUT2D eigenvalue weighted by Gasteiger charge is 2.19. The lowest BCUT2D eigenvalue weighted by molar-refractivity contribution is -0.120. The molecule has 2 rings (SSSR count). The fourth-order valence-corrected chi connectivity index (χ4v) is 2.47. The van der Waals surface area contributed by atoms with Crippen molar-refractivity contribution in [2.24, 2.45) is 5.73 Å². The van der Waals surface area contributed by atoms with E-state index in [9.17, 15) is 4.79 Å². The van der Waals surface area contributed by atoms with Gasteiger partial charge in [-0.3, -0.25) is 10.1 Å². The summed E-state index contributed by atoms with van der Waals surface area (Å²) in [6, 6.07) is 13.7. The molecule has 0 aromatic heterocycles. The quantitative estimate of drug-likeness (QED) is 0.886. The first-order chi connectivity index (χ1) is 9.99. The standard InChI is InChI=1S/C18H22N2O/c1-12-9-14(3)16(10-13(12)2)17(18(19)21)20-11-15-7-5-4-6-8-15/h4-10,17,20H,11H2,1-3H3,(H2,19,21). The van der Waals surface area contributed by atoms with Gasteiger partial charge in [-0.1, -0.05) is 42.5 Å². The van der Waals surface area contributed by atoms with Crippen LogP contribution in [0.3, 0.4) is 0 Å². The van der Waals surface area contributed by atoms with E-state index in [0.717, 1.165) is 16.7 Å². The molecule has 2 aromatic carbocycles. The second kappa shape index (κ2) is 6.55. The number of carbonyl (C=O) groups excluding carboxylic acids is 1. The summed E-state index contributed by atoms with van der Waals surface area (Å²) >= 11 is 0. The predicted octanol–water partition coefficient (Wildman–Crippen LogP) is 2.93. The Bertz CT molecular complexity index is 635. The molecule has 3 heteroatoms. The Kier molecular flexibility index (Phi) is 4.76. The number of benzene rings is 2. The van der Waals surface area contributed by atoms with Gasteiger partial charge in [0.05, 0.1) is 0 Å². The number of nitrogens with two attached hydrogens (primary N) is 1. The minimum Gasteiger partial charge on any atom is -0.368 e. The Morgan fingerprint density at radius 1 is 1.05 bits per heavy atom. The maximum absolute atomic E-state index is 11.8. The van der Waals surface area contributed by atoms with Crippen LogP contribution in [0.2, 0.25) is 0 Å². The second-order valence-electron chi connectivity index (χ2n) is 5.49. The third kappa shape index (κ3) is 3.70. The largest absolute Gasteiger partial charge is 0.368 e. The van der Waals surface area contributed by atoms with E-state index in [1.165, 1.54) is 11.1 Å². The average molecular weight is 282 g/mol. The molecule has 0 radical (unpaired) electrons. The zero-order valence-electron chi connectivity index (χ0n) is 12.8. The average Bonchev–Trinajstić information content (AvgIpc) is 2.45. The van der Waals surface area contributed by atoms with Gasteiger partial charge in [-0.15, -0.1) is 0 Å². The monoisotopic (exact) mass is 282 g/mol. The number of amides is 1. The first kappa shape index (κ1) is 15.3. The number of primary amides is 1. The van der Waals surface area contributed by atoms with E-state index in [0.29, 0.717) is 6.54 Å². The fraction of sp³-hybridized carbons (Fsp3) is 0.278. The molecule has 0 bridgehead atoms. The highest BCUT2D eigenvalue weighted by atomic mass is 16.1. The van der Waals surface area contributed by atoms with Crippen LogP contribution in [0.1, 0.15) is 33.9 Å². The van der Waals surface area contributed by atoms with E-state index >= 15 is 0 Å². The number of aryl methyl sites for hydroxylation is 3. The number of hydrogen-bond acceptors (Lipinski definition) is 2. The number of carbonyl (C=O) groups is 1. The van der Waals surface area contributed by atoms with Crippen LogP contribution in [0.5, 0.6) is 0 Å². The lowest BCUT2D eigenvalue weighted by Gasteiger charge is -2.19. The Balaban J connectivity index is 2.23. The van der Waals surface area contributed by atoms with Gasteiger partial charge in [0.25, 0.3) is 0 Å². The van der Waals surface area contributed by atoms with Crippen LogP contribution in [0.4, 0.5) is 0 Å². The molecule has 0 spiro atoms. The zero-order chi connectivity index (χ0) is 15.4. The normalized spacial score (nSPS) is 12.1. The minimum absolute atomic E-state index is 0.350. The van der Waals surface area contributed by atoms with Crippen molar-refractivity contribution < 1.29 is 4.79 Å². The lowest BCUT2D eigenvalue weighted by Crippen LogP contribution is -2.34. The Labute approximate surface area is 126 Å². The van der Waals surface area contributed by atoms with E-state index in [1.54, 1.807) is 0 Å². The van der Waals surface area contributed by atoms with Crippen molar-refractivity contribution >= 4 is 5.91 Å². The number of rotatable bonds is 5. The first-order valence-corrected chi connectivity index (χ1v) is 7.13. The maximum Gasteiger partial charge on any atom is 0.239 e. The summed E-state index contributed by atoms with van der Waals surface area (Å²) < 4.78 is 0. The molecule has 0 fully saturated rings. The molecule has 0 aliphatic heterocycles. The summed E-state index contributed by atoms with van der Waals surface area (Å²) in [5, 5.41) is 3.26. The highest BCUT2D eigenvalue weighted by Crippen LogP contribution is 2.22. The highest BCUT2D eigenvalue weighted by molar-refractivity contribution is 5.82. The molecule has 3 N–H and O–H groups in total. The van der Waals surface area contributed by atoms with Crippen LogP contribution in [-0.2, 0) is 11.3 Å². The van der Waals surface area contributed by atoms with Crippen LogP contribution in [0.25, 0.3) is 0 Å². The Morgan fingerprint density at radius 2 is 1.67 bits per heavy atom. The van der Waals surface area contributed by atoms with Crippen molar-refractivity contribution in [1.29, 1.82) is 0 Å². The van der Waals surface area contributed by atoms with Gasteiger partial charge in [-0.2, -0.15) is 0 Å². The molecule has 110 valence electrons. The fourth-order valence-electron chi connectivity index (χ4n) is 2.47. The SMILES string of the molecule is Cc1cc(C)c(C(NCc2ccccc2)C(N)=O)cc1C. The van der Waals surface area contributed by atoms with Gasteiger partial charge in [-0.05, 0) is 48.6 Å². The molecule has 0 aliphatic rings. The van der Waals surface area contributed by atoms with E-state index in [-0.39, 0.29) is 5.91 Å². The van der Waals surface area contributed by atoms with E-state index in [2.05, 4.69) is 24.4 Å². The zero-order valence-corrected chi connectivity index (χ0v) is 12.8. The molecule has 0 saturated carbocycles. The molecular formula is C18H22N2O. The van der Waals surface area contributed by atoms with Crippen molar-refractivity contribution in [3.8, 4) is 0 Å². The Morgan fingerprint density at radius 3 is 2.29 bits per heavy atom. The molecule has 0 heterocycles. The summed E-state index contributed by atoms with van der Waals surface area (Å²) in [5.74, 6) is -0.350. The van der Waals surface area contributed by atoms with Crippen LogP contribution < -0.4 is 11.1 Å². The van der Waals surface area contributed by atoms with Crippen molar-refractivity contribution in [2.45, 2.75) is 33.4 Å². The van der Waals surface area contributed by atoms with Crippen molar-refractivity contribution in [1.82, 2.24) is 5.32 Å². The number of hydrogen-bond donors (Lipinski definition) is 2. The summed E-state index contributed by atoms with van der Waals surface area (Å²) in [6.07, 6.45) is 0. The lowest BCUT2D eigenvalue weighted by atomic mass is 9.95. The van der Waals surface area contributed by atoms with Gasteiger partial charge >= 0.3 is 0 Å². The third-order valence-corrected chi connectivity index (χ3v) is 3.83. The smallest absolute Gasteiger partial charge is 0.239 e. The van der Waals surface area contributed by atoms with Gasteiger partial charge in [0.1, 0.15) is 6.04 Å². The van der Waals surface area contributed by atoms with Crippen LogP contribution in [0, 0.1) is 20.8 Å². The van der Waals surface area contributed by atoms with Crippen molar-refractivity contribution in [3.05, 3.63) is 70.3 Å². The molecule has 0 saturated heterocycles. The second-order valence-corrected chi connectivity index (χ2v) is 5.49. The van der Waals surface area contributed by atoms with Gasteiger partial charge in [0, 0.05) is 6.54 Å². The molecule has 3 nitrogen and oxygen atoms in total. The summed E-state index contributed by atoms with van der Waals surface area (Å²) in [6.45, 7) is 6.75. The first-order valence-electron chi connectivity index (χ1n) is 7.13. The van der Waals surface area contributed by atoms with E-state index in [4.69, 9.17) is 5.73 Å². The molecule has 1 unspecified atom stereocenters. The van der Waals surface area contributed by atoms with Crippen molar-refractivity contribution in [2.75, 3.05) is 0 Å². The van der Waals surface area contributed by atoms with Gasteiger partial charge in [0.15, 0.2) is 0 Å². The molecule has 2 aromatic rings. The number of nitrogens with one attached hydrogen (secondary N) is 1. The summed E-state index contributed by atoms with van der Waals surface area (Å²) in [4.78, 5) is 11.8. The van der Waals surface area contributed by atoms with Crippen LogP contribution >= 0.6 is 0 Å². The summed E-state index contributed by atoms with van der Waals surface area (Å²) in [7, 11) is 0. The van der Waals surface area contributed by atoms with Gasteiger partial charge in [-0.25, -0.2) is 0 Å². The maximum atomic E-state index is 11.8.